The van der Waals surface area contributed by atoms with Crippen molar-refractivity contribution in [2.24, 2.45) is 5.92 Å². The van der Waals surface area contributed by atoms with Crippen molar-refractivity contribution in [1.29, 1.82) is 0 Å². The van der Waals surface area contributed by atoms with Crippen LogP contribution < -0.4 is 19.1 Å². The minimum absolute atomic E-state index is 0.0235. The molecule has 166 valence electrons. The fourth-order valence-electron chi connectivity index (χ4n) is 3.90. The molecule has 1 fully saturated rings. The minimum atomic E-state index is -3.67. The van der Waals surface area contributed by atoms with E-state index < -0.39 is 10.0 Å². The summed E-state index contributed by atoms with van der Waals surface area (Å²) in [7, 11) is -0.356. The molecule has 0 aromatic heterocycles. The number of ether oxygens (including phenoxy) is 3. The Hall–Kier alpha value is -2.78. The quantitative estimate of drug-likeness (QED) is 0.702. The second-order valence-corrected chi connectivity index (χ2v) is 9.52. The first-order valence-corrected chi connectivity index (χ1v) is 11.7. The van der Waals surface area contributed by atoms with Crippen molar-refractivity contribution in [2.45, 2.75) is 17.7 Å². The average molecular weight is 447 g/mol. The Morgan fingerprint density at radius 3 is 2.48 bits per heavy atom. The third-order valence-electron chi connectivity index (χ3n) is 5.73. The number of sulfonamides is 1. The lowest BCUT2D eigenvalue weighted by atomic mass is 9.96. The highest BCUT2D eigenvalue weighted by molar-refractivity contribution is 7.89. The molecule has 31 heavy (non-hydrogen) atoms. The van der Waals surface area contributed by atoms with E-state index in [1.165, 1.54) is 16.4 Å². The molecule has 0 spiro atoms. The van der Waals surface area contributed by atoms with E-state index in [1.54, 1.807) is 31.2 Å². The monoisotopic (exact) mass is 446 g/mol. The molecule has 1 amide bonds. The number of hydrogen-bond donors (Lipinski definition) is 0. The summed E-state index contributed by atoms with van der Waals surface area (Å²) in [6.07, 6.45) is 0.938. The molecule has 0 saturated carbocycles. The second-order valence-electron chi connectivity index (χ2n) is 7.58. The first-order chi connectivity index (χ1) is 14.9. The number of carbonyl (C=O) groups excluding carboxylic acids is 1. The highest BCUT2D eigenvalue weighted by Crippen LogP contribution is 2.34. The molecule has 2 aromatic carbocycles. The van der Waals surface area contributed by atoms with Crippen molar-refractivity contribution in [3.05, 3.63) is 42.5 Å². The molecule has 9 heteroatoms. The molecule has 8 nitrogen and oxygen atoms in total. The molecule has 0 atom stereocenters. The van der Waals surface area contributed by atoms with Gasteiger partial charge in [0.2, 0.25) is 15.9 Å². The molecule has 2 aliphatic heterocycles. The van der Waals surface area contributed by atoms with E-state index in [0.717, 1.165) is 5.69 Å². The number of methoxy groups -OCH3 is 1. The molecule has 2 aliphatic rings. The van der Waals surface area contributed by atoms with Crippen LogP contribution in [0, 0.1) is 5.92 Å². The maximum Gasteiger partial charge on any atom is 0.243 e. The smallest absolute Gasteiger partial charge is 0.243 e. The third-order valence-corrected chi connectivity index (χ3v) is 7.62. The Kier molecular flexibility index (Phi) is 6.06. The molecular formula is C22H26N2O6S. The van der Waals surface area contributed by atoms with Crippen LogP contribution in [0.4, 0.5) is 5.69 Å². The molecule has 1 saturated heterocycles. The van der Waals surface area contributed by atoms with Crippen molar-refractivity contribution in [3.63, 3.8) is 0 Å². The molecule has 2 heterocycles. The summed E-state index contributed by atoms with van der Waals surface area (Å²) in [5.41, 5.74) is 0.746. The Bertz CT molecular complexity index is 1060. The van der Waals surface area contributed by atoms with Crippen molar-refractivity contribution < 1.29 is 27.4 Å². The number of amides is 1. The van der Waals surface area contributed by atoms with E-state index in [9.17, 15) is 13.2 Å². The Morgan fingerprint density at radius 1 is 1.06 bits per heavy atom. The molecular weight excluding hydrogens is 420 g/mol. The number of fused-ring (bicyclic) bond motifs is 1. The van der Waals surface area contributed by atoms with Gasteiger partial charge >= 0.3 is 0 Å². The predicted octanol–water partition coefficient (Wildman–Crippen LogP) is 2.53. The molecule has 0 unspecified atom stereocenters. The molecule has 2 aromatic rings. The molecule has 0 aliphatic carbocycles. The number of carbonyl (C=O) groups is 1. The van der Waals surface area contributed by atoms with Gasteiger partial charge in [-0.25, -0.2) is 8.42 Å². The van der Waals surface area contributed by atoms with Gasteiger partial charge in [0, 0.05) is 43.9 Å². The zero-order valence-corrected chi connectivity index (χ0v) is 18.4. The second kappa shape index (κ2) is 8.76. The van der Waals surface area contributed by atoms with Gasteiger partial charge in [-0.1, -0.05) is 6.07 Å². The summed E-state index contributed by atoms with van der Waals surface area (Å²) in [4.78, 5) is 14.8. The Morgan fingerprint density at radius 2 is 1.77 bits per heavy atom. The third kappa shape index (κ3) is 4.33. The van der Waals surface area contributed by atoms with Crippen LogP contribution in [-0.2, 0) is 14.8 Å². The van der Waals surface area contributed by atoms with Crippen molar-refractivity contribution in [3.8, 4) is 17.2 Å². The van der Waals surface area contributed by atoms with Gasteiger partial charge in [0.05, 0.1) is 12.0 Å². The van der Waals surface area contributed by atoms with Gasteiger partial charge in [0.15, 0.2) is 11.5 Å². The lowest BCUT2D eigenvalue weighted by Gasteiger charge is -2.32. The zero-order chi connectivity index (χ0) is 22.0. The first kappa shape index (κ1) is 21.5. The maximum atomic E-state index is 13.1. The molecule has 0 N–H and O–H groups in total. The predicted molar refractivity (Wildman–Crippen MR) is 115 cm³/mol. The summed E-state index contributed by atoms with van der Waals surface area (Å²) in [6.45, 7) is 1.42. The number of rotatable bonds is 5. The Balaban J connectivity index is 1.42. The summed E-state index contributed by atoms with van der Waals surface area (Å²) in [5, 5.41) is 0. The molecule has 0 radical (unpaired) electrons. The van der Waals surface area contributed by atoms with Crippen LogP contribution in [0.3, 0.4) is 0 Å². The largest absolute Gasteiger partial charge is 0.497 e. The summed E-state index contributed by atoms with van der Waals surface area (Å²) < 4.78 is 43.8. The fourth-order valence-corrected chi connectivity index (χ4v) is 5.38. The highest BCUT2D eigenvalue weighted by atomic mass is 32.2. The summed E-state index contributed by atoms with van der Waals surface area (Å²) in [5.74, 6) is 1.41. The Labute approximate surface area is 182 Å². The van der Waals surface area contributed by atoms with Gasteiger partial charge < -0.3 is 19.1 Å². The normalized spacial score (nSPS) is 17.2. The van der Waals surface area contributed by atoms with Crippen molar-refractivity contribution >= 4 is 21.6 Å². The van der Waals surface area contributed by atoms with Crippen LogP contribution in [0.5, 0.6) is 17.2 Å². The van der Waals surface area contributed by atoms with Gasteiger partial charge in [0.1, 0.15) is 19.0 Å². The van der Waals surface area contributed by atoms with Crippen LogP contribution in [0.15, 0.2) is 47.4 Å². The van der Waals surface area contributed by atoms with Gasteiger partial charge in [-0.2, -0.15) is 4.31 Å². The van der Waals surface area contributed by atoms with E-state index in [4.69, 9.17) is 14.2 Å². The first-order valence-electron chi connectivity index (χ1n) is 10.2. The van der Waals surface area contributed by atoms with Gasteiger partial charge in [-0.15, -0.1) is 0 Å². The van der Waals surface area contributed by atoms with Crippen LogP contribution in [0.1, 0.15) is 12.8 Å². The number of piperidine rings is 1. The highest BCUT2D eigenvalue weighted by Gasteiger charge is 2.34. The van der Waals surface area contributed by atoms with Crippen LogP contribution >= 0.6 is 0 Å². The van der Waals surface area contributed by atoms with Gasteiger partial charge in [0.25, 0.3) is 0 Å². The van der Waals surface area contributed by atoms with Crippen molar-refractivity contribution in [2.75, 3.05) is 45.4 Å². The number of hydrogen-bond acceptors (Lipinski definition) is 6. The fraction of sp³-hybridized carbons (Fsp3) is 0.409. The zero-order valence-electron chi connectivity index (χ0n) is 17.6. The summed E-state index contributed by atoms with van der Waals surface area (Å²) >= 11 is 0. The van der Waals surface area contributed by atoms with Crippen LogP contribution in [0.2, 0.25) is 0 Å². The number of benzene rings is 2. The van der Waals surface area contributed by atoms with Gasteiger partial charge in [-0.05, 0) is 37.1 Å². The minimum Gasteiger partial charge on any atom is -0.497 e. The number of anilines is 1. The van der Waals surface area contributed by atoms with E-state index in [-0.39, 0.29) is 16.7 Å². The standard InChI is InChI=1S/C22H26N2O6S/c1-23(17-4-3-5-18(14-17)28-2)22(25)16-8-10-24(11-9-16)31(26,27)19-6-7-20-21(15-19)30-13-12-29-20/h3-7,14-16H,8-13H2,1-2H3. The maximum absolute atomic E-state index is 13.1. The van der Waals surface area contributed by atoms with E-state index >= 15 is 0 Å². The van der Waals surface area contributed by atoms with Crippen LogP contribution in [0.25, 0.3) is 0 Å². The average Bonchev–Trinajstić information content (AvgIpc) is 2.82. The van der Waals surface area contributed by atoms with E-state index in [1.807, 2.05) is 18.2 Å². The van der Waals surface area contributed by atoms with Gasteiger partial charge in [-0.3, -0.25) is 4.79 Å². The molecule has 0 bridgehead atoms. The lowest BCUT2D eigenvalue weighted by Crippen LogP contribution is -2.43. The van der Waals surface area contributed by atoms with E-state index in [2.05, 4.69) is 0 Å². The van der Waals surface area contributed by atoms with Crippen molar-refractivity contribution in [1.82, 2.24) is 4.31 Å². The molecule has 4 rings (SSSR count). The van der Waals surface area contributed by atoms with Crippen LogP contribution in [-0.4, -0.2) is 59.1 Å². The SMILES string of the molecule is COc1cccc(N(C)C(=O)C2CCN(S(=O)(=O)c3ccc4c(c3)OCCO4)CC2)c1. The number of nitrogens with zero attached hydrogens (tertiary/aromatic N) is 2. The lowest BCUT2D eigenvalue weighted by molar-refractivity contribution is -0.123. The summed E-state index contributed by atoms with van der Waals surface area (Å²) in [6, 6.07) is 12.0. The topological polar surface area (TPSA) is 85.4 Å². The van der Waals surface area contributed by atoms with E-state index in [0.29, 0.717) is 56.4 Å².